The molecule has 18 heavy (non-hydrogen) atoms. The third-order valence-corrected chi connectivity index (χ3v) is 3.61. The van der Waals surface area contributed by atoms with Gasteiger partial charge in [0.2, 0.25) is 0 Å². The summed E-state index contributed by atoms with van der Waals surface area (Å²) < 4.78 is 0. The maximum Gasteiger partial charge on any atom is 0.0477 e. The zero-order valence-electron chi connectivity index (χ0n) is 11.9. The molecule has 0 spiro atoms. The lowest BCUT2D eigenvalue weighted by molar-refractivity contribution is 0.356. The Morgan fingerprint density at radius 2 is 2.11 bits per heavy atom. The molecular weight excluding hydrogens is 222 g/mol. The molecule has 1 heterocycles. The van der Waals surface area contributed by atoms with Gasteiger partial charge < -0.3 is 0 Å². The minimum atomic E-state index is 0.221. The van der Waals surface area contributed by atoms with Crippen LogP contribution in [0.4, 0.5) is 0 Å². The summed E-state index contributed by atoms with van der Waals surface area (Å²) in [5.74, 6) is 6.45. The van der Waals surface area contributed by atoms with Crippen molar-refractivity contribution in [2.75, 3.05) is 0 Å². The molecule has 0 amide bonds. The number of nitrogens with one attached hydrogen (secondary N) is 1. The number of nitrogens with two attached hydrogens (primary N) is 1. The zero-order chi connectivity index (χ0) is 13.4. The summed E-state index contributed by atoms with van der Waals surface area (Å²) >= 11 is 0. The van der Waals surface area contributed by atoms with Gasteiger partial charge in [0.1, 0.15) is 0 Å². The van der Waals surface area contributed by atoms with Crippen LogP contribution in [0.5, 0.6) is 0 Å². The van der Waals surface area contributed by atoms with Gasteiger partial charge in [-0.1, -0.05) is 45.6 Å². The van der Waals surface area contributed by atoms with Crippen molar-refractivity contribution in [3.63, 3.8) is 0 Å². The van der Waals surface area contributed by atoms with E-state index in [4.69, 9.17) is 5.84 Å². The van der Waals surface area contributed by atoms with Gasteiger partial charge in [-0.15, -0.1) is 0 Å². The molecule has 0 aliphatic rings. The van der Waals surface area contributed by atoms with Gasteiger partial charge in [0, 0.05) is 18.4 Å². The van der Waals surface area contributed by atoms with E-state index in [1.54, 1.807) is 0 Å². The van der Waals surface area contributed by atoms with E-state index in [-0.39, 0.29) is 6.04 Å². The first-order valence-corrected chi connectivity index (χ1v) is 7.08. The Labute approximate surface area is 111 Å². The number of pyridine rings is 1. The van der Waals surface area contributed by atoms with Crippen LogP contribution in [0.15, 0.2) is 18.5 Å². The first kappa shape index (κ1) is 15.1. The van der Waals surface area contributed by atoms with Gasteiger partial charge in [0.25, 0.3) is 0 Å². The van der Waals surface area contributed by atoms with Crippen molar-refractivity contribution in [3.8, 4) is 0 Å². The topological polar surface area (TPSA) is 50.9 Å². The molecule has 0 aliphatic heterocycles. The third-order valence-electron chi connectivity index (χ3n) is 3.61. The minimum absolute atomic E-state index is 0.221. The molecule has 2 unspecified atom stereocenters. The fourth-order valence-corrected chi connectivity index (χ4v) is 2.38. The second-order valence-electron chi connectivity index (χ2n) is 5.17. The van der Waals surface area contributed by atoms with Crippen LogP contribution in [-0.4, -0.2) is 4.98 Å². The highest BCUT2D eigenvalue weighted by Crippen LogP contribution is 2.26. The molecule has 3 nitrogen and oxygen atoms in total. The van der Waals surface area contributed by atoms with Gasteiger partial charge in [-0.3, -0.25) is 16.3 Å². The first-order valence-electron chi connectivity index (χ1n) is 7.08. The van der Waals surface area contributed by atoms with Gasteiger partial charge >= 0.3 is 0 Å². The van der Waals surface area contributed by atoms with Crippen molar-refractivity contribution in [2.45, 2.75) is 58.9 Å². The molecule has 0 saturated carbocycles. The SMILES string of the molecule is CCCCC(CC)CC(NN)c1cncc(C)c1. The largest absolute Gasteiger partial charge is 0.271 e. The number of aryl methyl sites for hydroxylation is 1. The van der Waals surface area contributed by atoms with E-state index in [9.17, 15) is 0 Å². The molecule has 2 atom stereocenters. The molecule has 3 heteroatoms. The lowest BCUT2D eigenvalue weighted by atomic mass is 9.90. The van der Waals surface area contributed by atoms with Crippen molar-refractivity contribution < 1.29 is 0 Å². The van der Waals surface area contributed by atoms with E-state index >= 15 is 0 Å². The summed E-state index contributed by atoms with van der Waals surface area (Å²) in [6.45, 7) is 6.58. The number of aromatic nitrogens is 1. The van der Waals surface area contributed by atoms with Crippen molar-refractivity contribution in [3.05, 3.63) is 29.6 Å². The standard InChI is InChI=1S/C15H27N3/c1-4-6-7-13(5-2)9-15(18-16)14-8-12(3)10-17-11-14/h8,10-11,13,15,18H,4-7,9,16H2,1-3H3. The predicted octanol–water partition coefficient (Wildman–Crippen LogP) is 3.50. The molecule has 1 aromatic heterocycles. The Morgan fingerprint density at radius 3 is 2.67 bits per heavy atom. The number of hydrogen-bond acceptors (Lipinski definition) is 3. The Morgan fingerprint density at radius 1 is 1.33 bits per heavy atom. The van der Waals surface area contributed by atoms with E-state index < -0.39 is 0 Å². The second-order valence-corrected chi connectivity index (χ2v) is 5.17. The van der Waals surface area contributed by atoms with Gasteiger partial charge in [-0.25, -0.2) is 0 Å². The van der Waals surface area contributed by atoms with Gasteiger partial charge in [0.15, 0.2) is 0 Å². The fraction of sp³-hybridized carbons (Fsp3) is 0.667. The Balaban J connectivity index is 2.65. The monoisotopic (exact) mass is 249 g/mol. The number of rotatable bonds is 8. The maximum absolute atomic E-state index is 5.71. The zero-order valence-corrected chi connectivity index (χ0v) is 11.9. The molecule has 0 aromatic carbocycles. The molecule has 1 rings (SSSR count). The quantitative estimate of drug-likeness (QED) is 0.547. The number of unbranched alkanes of at least 4 members (excludes halogenated alkanes) is 1. The van der Waals surface area contributed by atoms with E-state index in [1.807, 2.05) is 12.4 Å². The molecule has 1 aromatic rings. The van der Waals surface area contributed by atoms with Gasteiger partial charge in [-0.2, -0.15) is 0 Å². The number of hydrogen-bond donors (Lipinski definition) is 2. The second kappa shape index (κ2) is 8.22. The minimum Gasteiger partial charge on any atom is -0.271 e. The van der Waals surface area contributed by atoms with E-state index in [2.05, 4.69) is 37.2 Å². The highest BCUT2D eigenvalue weighted by atomic mass is 15.2. The normalized spacial score (nSPS) is 14.4. The van der Waals surface area contributed by atoms with Gasteiger partial charge in [-0.05, 0) is 30.4 Å². The lowest BCUT2D eigenvalue weighted by Gasteiger charge is -2.22. The molecule has 0 saturated heterocycles. The van der Waals surface area contributed by atoms with E-state index in [0.717, 1.165) is 12.3 Å². The van der Waals surface area contributed by atoms with Crippen LogP contribution in [0.25, 0.3) is 0 Å². The molecule has 0 bridgehead atoms. The molecule has 0 fully saturated rings. The highest BCUT2D eigenvalue weighted by molar-refractivity contribution is 5.20. The summed E-state index contributed by atoms with van der Waals surface area (Å²) in [4.78, 5) is 4.25. The summed E-state index contributed by atoms with van der Waals surface area (Å²) in [5.41, 5.74) is 5.34. The average molecular weight is 249 g/mol. The van der Waals surface area contributed by atoms with Crippen LogP contribution in [-0.2, 0) is 0 Å². The van der Waals surface area contributed by atoms with Crippen LogP contribution in [0.2, 0.25) is 0 Å². The fourth-order valence-electron chi connectivity index (χ4n) is 2.38. The number of nitrogens with zero attached hydrogens (tertiary/aromatic N) is 1. The van der Waals surface area contributed by atoms with Crippen molar-refractivity contribution in [1.29, 1.82) is 0 Å². The van der Waals surface area contributed by atoms with Crippen molar-refractivity contribution >= 4 is 0 Å². The summed E-state index contributed by atoms with van der Waals surface area (Å²) in [6.07, 6.45) is 9.99. The van der Waals surface area contributed by atoms with E-state index in [1.165, 1.54) is 36.8 Å². The Hall–Kier alpha value is -0.930. The van der Waals surface area contributed by atoms with Crippen LogP contribution >= 0.6 is 0 Å². The molecule has 102 valence electrons. The first-order chi connectivity index (χ1) is 8.71. The Kier molecular flexibility index (Phi) is 6.91. The molecule has 0 aliphatic carbocycles. The molecule has 3 N–H and O–H groups in total. The summed E-state index contributed by atoms with van der Waals surface area (Å²) in [6, 6.07) is 2.39. The van der Waals surface area contributed by atoms with E-state index in [0.29, 0.717) is 0 Å². The maximum atomic E-state index is 5.71. The van der Waals surface area contributed by atoms with Crippen LogP contribution in [0, 0.1) is 12.8 Å². The summed E-state index contributed by atoms with van der Waals surface area (Å²) in [5, 5.41) is 0. The van der Waals surface area contributed by atoms with Crippen molar-refractivity contribution in [2.24, 2.45) is 11.8 Å². The van der Waals surface area contributed by atoms with Gasteiger partial charge in [0.05, 0.1) is 0 Å². The highest BCUT2D eigenvalue weighted by Gasteiger charge is 2.16. The smallest absolute Gasteiger partial charge is 0.0477 e. The molecular formula is C15H27N3. The number of hydrazine groups is 1. The van der Waals surface area contributed by atoms with Crippen LogP contribution in [0.1, 0.15) is 63.1 Å². The van der Waals surface area contributed by atoms with Crippen LogP contribution in [0.3, 0.4) is 0 Å². The Bertz CT molecular complexity index is 338. The third kappa shape index (κ3) is 4.75. The van der Waals surface area contributed by atoms with Crippen LogP contribution < -0.4 is 11.3 Å². The summed E-state index contributed by atoms with van der Waals surface area (Å²) in [7, 11) is 0. The predicted molar refractivity (Wildman–Crippen MR) is 77.0 cm³/mol. The average Bonchev–Trinajstić information content (AvgIpc) is 2.39. The lowest BCUT2D eigenvalue weighted by Crippen LogP contribution is -2.29. The molecule has 0 radical (unpaired) electrons. The van der Waals surface area contributed by atoms with Crippen molar-refractivity contribution in [1.82, 2.24) is 10.4 Å².